The average Bonchev–Trinajstić information content (AvgIpc) is 2.41. The fourth-order valence-electron chi connectivity index (χ4n) is 1.20. The zero-order chi connectivity index (χ0) is 8.72. The van der Waals surface area contributed by atoms with Crippen LogP contribution in [0, 0.1) is 6.92 Å². The van der Waals surface area contributed by atoms with Crippen molar-refractivity contribution in [1.29, 1.82) is 0 Å². The monoisotopic (exact) mass is 182 g/mol. The Balaban J connectivity index is 2.96. The maximum absolute atomic E-state index is 9.33. The molecule has 0 saturated heterocycles. The second-order valence-corrected chi connectivity index (χ2v) is 3.04. The van der Waals surface area contributed by atoms with Crippen LogP contribution < -0.4 is 0 Å². The van der Waals surface area contributed by atoms with Crippen LogP contribution in [-0.2, 0) is 0 Å². The number of rotatable bonds is 0. The van der Waals surface area contributed by atoms with Gasteiger partial charge >= 0.3 is 0 Å². The molecule has 0 atom stereocenters. The largest absolute Gasteiger partial charge is 0.506 e. The van der Waals surface area contributed by atoms with Crippen molar-refractivity contribution >= 4 is 22.6 Å². The third-order valence-electron chi connectivity index (χ3n) is 1.89. The molecule has 0 aliphatic heterocycles. The minimum Gasteiger partial charge on any atom is -0.506 e. The molecule has 12 heavy (non-hydrogen) atoms. The van der Waals surface area contributed by atoms with Gasteiger partial charge in [-0.25, -0.2) is 4.98 Å². The summed E-state index contributed by atoms with van der Waals surface area (Å²) < 4.78 is 0. The number of nitrogens with one attached hydrogen (secondary N) is 1. The standard InChI is InChI=1S/C8H7ClN2O/c1-4-6(12)3-11-8-7(4)5(9)2-10-8/h2-3,12H,1H3,(H,10,11). The highest BCUT2D eigenvalue weighted by molar-refractivity contribution is 6.35. The smallest absolute Gasteiger partial charge is 0.139 e. The molecule has 62 valence electrons. The molecule has 4 heteroatoms. The van der Waals surface area contributed by atoms with E-state index in [1.165, 1.54) is 6.20 Å². The lowest BCUT2D eigenvalue weighted by Crippen LogP contribution is -1.80. The zero-order valence-corrected chi connectivity index (χ0v) is 7.18. The molecule has 2 aromatic heterocycles. The quantitative estimate of drug-likeness (QED) is 0.657. The van der Waals surface area contributed by atoms with Crippen LogP contribution in [0.1, 0.15) is 5.56 Å². The van der Waals surface area contributed by atoms with Crippen LogP contribution in [0.3, 0.4) is 0 Å². The zero-order valence-electron chi connectivity index (χ0n) is 6.43. The van der Waals surface area contributed by atoms with Crippen molar-refractivity contribution in [3.8, 4) is 5.75 Å². The lowest BCUT2D eigenvalue weighted by molar-refractivity contribution is 0.470. The van der Waals surface area contributed by atoms with Gasteiger partial charge in [0.05, 0.1) is 11.2 Å². The Labute approximate surface area is 74.0 Å². The van der Waals surface area contributed by atoms with Crippen molar-refractivity contribution in [3.05, 3.63) is 23.0 Å². The minimum absolute atomic E-state index is 0.170. The third-order valence-corrected chi connectivity index (χ3v) is 2.18. The van der Waals surface area contributed by atoms with E-state index in [0.717, 1.165) is 10.9 Å². The number of aromatic amines is 1. The second kappa shape index (κ2) is 2.38. The van der Waals surface area contributed by atoms with Gasteiger partial charge in [-0.2, -0.15) is 0 Å². The molecular weight excluding hydrogens is 176 g/mol. The van der Waals surface area contributed by atoms with Crippen LogP contribution in [0.25, 0.3) is 11.0 Å². The van der Waals surface area contributed by atoms with Crippen LogP contribution in [0.2, 0.25) is 5.02 Å². The number of hydrogen-bond acceptors (Lipinski definition) is 2. The van der Waals surface area contributed by atoms with Crippen LogP contribution in [0.15, 0.2) is 12.4 Å². The summed E-state index contributed by atoms with van der Waals surface area (Å²) in [5.74, 6) is 0.170. The summed E-state index contributed by atoms with van der Waals surface area (Å²) in [5, 5.41) is 10.7. The van der Waals surface area contributed by atoms with Crippen LogP contribution in [-0.4, -0.2) is 15.1 Å². The lowest BCUT2D eigenvalue weighted by Gasteiger charge is -1.98. The first-order valence-electron chi connectivity index (χ1n) is 3.51. The number of aromatic nitrogens is 2. The van der Waals surface area contributed by atoms with Crippen molar-refractivity contribution in [1.82, 2.24) is 9.97 Å². The van der Waals surface area contributed by atoms with Gasteiger partial charge in [-0.15, -0.1) is 0 Å². The predicted molar refractivity (Wildman–Crippen MR) is 47.5 cm³/mol. The van der Waals surface area contributed by atoms with Gasteiger partial charge in [0.15, 0.2) is 0 Å². The average molecular weight is 183 g/mol. The summed E-state index contributed by atoms with van der Waals surface area (Å²) in [6.45, 7) is 1.80. The second-order valence-electron chi connectivity index (χ2n) is 2.63. The number of nitrogens with zero attached hydrogens (tertiary/aromatic N) is 1. The molecule has 0 fully saturated rings. The van der Waals surface area contributed by atoms with Gasteiger partial charge in [-0.3, -0.25) is 0 Å². The van der Waals surface area contributed by atoms with E-state index < -0.39 is 0 Å². The van der Waals surface area contributed by atoms with Gasteiger partial charge in [0.25, 0.3) is 0 Å². The number of aromatic hydroxyl groups is 1. The van der Waals surface area contributed by atoms with E-state index in [4.69, 9.17) is 11.6 Å². The van der Waals surface area contributed by atoms with Crippen LogP contribution >= 0.6 is 11.6 Å². The Morgan fingerprint density at radius 2 is 2.33 bits per heavy atom. The molecule has 2 heterocycles. The Morgan fingerprint density at radius 1 is 1.58 bits per heavy atom. The highest BCUT2D eigenvalue weighted by Gasteiger charge is 2.08. The van der Waals surface area contributed by atoms with E-state index in [1.54, 1.807) is 13.1 Å². The summed E-state index contributed by atoms with van der Waals surface area (Å²) in [7, 11) is 0. The van der Waals surface area contributed by atoms with E-state index in [1.807, 2.05) is 0 Å². The molecule has 2 N–H and O–H groups in total. The van der Waals surface area contributed by atoms with Gasteiger partial charge in [0, 0.05) is 17.1 Å². The molecule has 0 aromatic carbocycles. The first kappa shape index (κ1) is 7.43. The number of hydrogen-bond donors (Lipinski definition) is 2. The van der Waals surface area contributed by atoms with Gasteiger partial charge < -0.3 is 10.1 Å². The fraction of sp³-hybridized carbons (Fsp3) is 0.125. The molecule has 0 amide bonds. The SMILES string of the molecule is Cc1c(O)cnc2[nH]cc(Cl)c12. The molecule has 0 saturated carbocycles. The highest BCUT2D eigenvalue weighted by Crippen LogP contribution is 2.29. The number of aryl methyl sites for hydroxylation is 1. The molecule has 0 spiro atoms. The van der Waals surface area contributed by atoms with Crippen molar-refractivity contribution in [3.63, 3.8) is 0 Å². The number of H-pyrrole nitrogens is 1. The molecule has 0 unspecified atom stereocenters. The van der Waals surface area contributed by atoms with E-state index in [2.05, 4.69) is 9.97 Å². The van der Waals surface area contributed by atoms with Gasteiger partial charge in [-0.05, 0) is 6.92 Å². The Bertz CT molecular complexity index is 436. The molecule has 0 aliphatic carbocycles. The Kier molecular flexibility index (Phi) is 1.48. The first-order valence-corrected chi connectivity index (χ1v) is 3.89. The number of fused-ring (bicyclic) bond motifs is 1. The van der Waals surface area contributed by atoms with Gasteiger partial charge in [0.1, 0.15) is 11.4 Å². The Hall–Kier alpha value is -1.22. The number of pyridine rings is 1. The van der Waals surface area contributed by atoms with Crippen molar-refractivity contribution < 1.29 is 5.11 Å². The van der Waals surface area contributed by atoms with E-state index in [0.29, 0.717) is 10.7 Å². The molecule has 2 aromatic rings. The van der Waals surface area contributed by atoms with Crippen LogP contribution in [0.4, 0.5) is 0 Å². The molecule has 0 bridgehead atoms. The van der Waals surface area contributed by atoms with E-state index in [9.17, 15) is 5.11 Å². The number of halogens is 1. The predicted octanol–water partition coefficient (Wildman–Crippen LogP) is 2.23. The van der Waals surface area contributed by atoms with Crippen molar-refractivity contribution in [2.75, 3.05) is 0 Å². The van der Waals surface area contributed by atoms with Gasteiger partial charge in [-0.1, -0.05) is 11.6 Å². The van der Waals surface area contributed by atoms with Crippen LogP contribution in [0.5, 0.6) is 5.75 Å². The summed E-state index contributed by atoms with van der Waals surface area (Å²) in [4.78, 5) is 6.87. The molecule has 2 rings (SSSR count). The maximum Gasteiger partial charge on any atom is 0.139 e. The van der Waals surface area contributed by atoms with E-state index >= 15 is 0 Å². The highest BCUT2D eigenvalue weighted by atomic mass is 35.5. The van der Waals surface area contributed by atoms with Gasteiger partial charge in [0.2, 0.25) is 0 Å². The van der Waals surface area contributed by atoms with E-state index in [-0.39, 0.29) is 5.75 Å². The molecule has 3 nitrogen and oxygen atoms in total. The normalized spacial score (nSPS) is 10.8. The first-order chi connectivity index (χ1) is 5.70. The maximum atomic E-state index is 9.33. The van der Waals surface area contributed by atoms with Crippen molar-refractivity contribution in [2.45, 2.75) is 6.92 Å². The minimum atomic E-state index is 0.170. The molecule has 0 radical (unpaired) electrons. The summed E-state index contributed by atoms with van der Waals surface area (Å²) in [5.41, 5.74) is 1.46. The summed E-state index contributed by atoms with van der Waals surface area (Å²) in [6, 6.07) is 0. The molecule has 0 aliphatic rings. The fourth-order valence-corrected chi connectivity index (χ4v) is 1.48. The van der Waals surface area contributed by atoms with Crippen molar-refractivity contribution in [2.24, 2.45) is 0 Å². The molecular formula is C8H7ClN2O. The summed E-state index contributed by atoms with van der Waals surface area (Å²) in [6.07, 6.45) is 3.07. The third kappa shape index (κ3) is 0.865. The Morgan fingerprint density at radius 3 is 3.08 bits per heavy atom. The summed E-state index contributed by atoms with van der Waals surface area (Å²) >= 11 is 5.87. The lowest BCUT2D eigenvalue weighted by atomic mass is 10.2. The topological polar surface area (TPSA) is 48.9 Å².